The Labute approximate surface area is 52.5 Å². The van der Waals surface area contributed by atoms with Gasteiger partial charge in [-0.15, -0.1) is 0 Å². The highest BCUT2D eigenvalue weighted by Gasteiger charge is 2.03. The SMILES string of the molecule is NC1=NC(C=O)C=CN1. The predicted molar refractivity (Wildman–Crippen MR) is 33.8 cm³/mol. The molecule has 0 spiro atoms. The largest absolute Gasteiger partial charge is 0.370 e. The van der Waals surface area contributed by atoms with Crippen molar-refractivity contribution in [2.24, 2.45) is 10.7 Å². The number of rotatable bonds is 1. The molecular weight excluding hydrogens is 118 g/mol. The summed E-state index contributed by atoms with van der Waals surface area (Å²) in [6.07, 6.45) is 3.95. The monoisotopic (exact) mass is 125 g/mol. The molecule has 0 aromatic rings. The topological polar surface area (TPSA) is 67.5 Å². The van der Waals surface area contributed by atoms with Crippen LogP contribution in [0.15, 0.2) is 17.3 Å². The molecule has 1 atom stereocenters. The van der Waals surface area contributed by atoms with Gasteiger partial charge in [0.2, 0.25) is 0 Å². The summed E-state index contributed by atoms with van der Waals surface area (Å²) in [5.41, 5.74) is 5.23. The normalized spacial score (nSPS) is 24.4. The van der Waals surface area contributed by atoms with Crippen LogP contribution in [0.25, 0.3) is 0 Å². The van der Waals surface area contributed by atoms with E-state index < -0.39 is 6.04 Å². The van der Waals surface area contributed by atoms with Crippen LogP contribution in [-0.4, -0.2) is 18.3 Å². The van der Waals surface area contributed by atoms with Gasteiger partial charge in [0.1, 0.15) is 12.3 Å². The molecule has 0 amide bonds. The van der Waals surface area contributed by atoms with E-state index in [1.807, 2.05) is 0 Å². The number of aliphatic imine (C=N–C) groups is 1. The van der Waals surface area contributed by atoms with Gasteiger partial charge >= 0.3 is 0 Å². The maximum atomic E-state index is 10.1. The number of nitrogens with zero attached hydrogens (tertiary/aromatic N) is 1. The van der Waals surface area contributed by atoms with Crippen molar-refractivity contribution in [1.82, 2.24) is 5.32 Å². The predicted octanol–water partition coefficient (Wildman–Crippen LogP) is -1.01. The van der Waals surface area contributed by atoms with Gasteiger partial charge in [0.25, 0.3) is 0 Å². The lowest BCUT2D eigenvalue weighted by Crippen LogP contribution is -2.32. The first-order chi connectivity index (χ1) is 4.33. The van der Waals surface area contributed by atoms with Crippen LogP contribution in [0.4, 0.5) is 0 Å². The van der Waals surface area contributed by atoms with Crippen LogP contribution in [0.3, 0.4) is 0 Å². The molecule has 9 heavy (non-hydrogen) atoms. The summed E-state index contributed by atoms with van der Waals surface area (Å²) in [5, 5.41) is 2.63. The van der Waals surface area contributed by atoms with E-state index >= 15 is 0 Å². The number of aldehydes is 1. The number of guanidine groups is 1. The van der Waals surface area contributed by atoms with Gasteiger partial charge in [-0.2, -0.15) is 0 Å². The molecule has 0 saturated heterocycles. The molecule has 4 nitrogen and oxygen atoms in total. The van der Waals surface area contributed by atoms with E-state index in [2.05, 4.69) is 10.3 Å². The van der Waals surface area contributed by atoms with Gasteiger partial charge in [-0.3, -0.25) is 0 Å². The molecule has 0 bridgehead atoms. The highest BCUT2D eigenvalue weighted by Crippen LogP contribution is 1.91. The molecule has 0 aliphatic carbocycles. The molecule has 0 saturated carbocycles. The molecule has 1 heterocycles. The summed E-state index contributed by atoms with van der Waals surface area (Å²) in [7, 11) is 0. The Kier molecular flexibility index (Phi) is 1.48. The third-order valence-electron chi connectivity index (χ3n) is 0.952. The Morgan fingerprint density at radius 1 is 1.89 bits per heavy atom. The summed E-state index contributed by atoms with van der Waals surface area (Å²) in [6.45, 7) is 0. The molecule has 0 aromatic heterocycles. The molecule has 4 heteroatoms. The van der Waals surface area contributed by atoms with Gasteiger partial charge in [0.05, 0.1) is 0 Å². The smallest absolute Gasteiger partial charge is 0.193 e. The fourth-order valence-electron chi connectivity index (χ4n) is 0.549. The van der Waals surface area contributed by atoms with Crippen molar-refractivity contribution in [3.8, 4) is 0 Å². The van der Waals surface area contributed by atoms with E-state index in [9.17, 15) is 4.79 Å². The summed E-state index contributed by atoms with van der Waals surface area (Å²) < 4.78 is 0. The second kappa shape index (κ2) is 2.30. The fraction of sp³-hybridized carbons (Fsp3) is 0.200. The minimum absolute atomic E-state index is 0.287. The third kappa shape index (κ3) is 1.28. The van der Waals surface area contributed by atoms with Crippen molar-refractivity contribution >= 4 is 12.2 Å². The van der Waals surface area contributed by atoms with Crippen LogP contribution in [0, 0.1) is 0 Å². The zero-order chi connectivity index (χ0) is 6.69. The van der Waals surface area contributed by atoms with Gasteiger partial charge in [-0.05, 0) is 6.08 Å². The van der Waals surface area contributed by atoms with Crippen molar-refractivity contribution in [3.05, 3.63) is 12.3 Å². The zero-order valence-electron chi connectivity index (χ0n) is 4.74. The van der Waals surface area contributed by atoms with E-state index in [-0.39, 0.29) is 5.96 Å². The van der Waals surface area contributed by atoms with Crippen molar-refractivity contribution in [3.63, 3.8) is 0 Å². The van der Waals surface area contributed by atoms with E-state index in [1.54, 1.807) is 12.3 Å². The van der Waals surface area contributed by atoms with Crippen LogP contribution in [-0.2, 0) is 4.79 Å². The van der Waals surface area contributed by atoms with Crippen LogP contribution in [0.2, 0.25) is 0 Å². The summed E-state index contributed by atoms with van der Waals surface area (Å²) in [5.74, 6) is 0.287. The van der Waals surface area contributed by atoms with Gasteiger partial charge in [0, 0.05) is 6.20 Å². The first-order valence-corrected chi connectivity index (χ1v) is 2.54. The summed E-state index contributed by atoms with van der Waals surface area (Å²) >= 11 is 0. The van der Waals surface area contributed by atoms with Crippen LogP contribution in [0.5, 0.6) is 0 Å². The number of nitrogens with two attached hydrogens (primary N) is 1. The molecule has 1 unspecified atom stereocenters. The van der Waals surface area contributed by atoms with Crippen molar-refractivity contribution in [2.45, 2.75) is 6.04 Å². The van der Waals surface area contributed by atoms with E-state index in [4.69, 9.17) is 5.73 Å². The molecule has 48 valence electrons. The van der Waals surface area contributed by atoms with E-state index in [0.29, 0.717) is 0 Å². The number of carbonyl (C=O) groups is 1. The number of nitrogens with one attached hydrogen (secondary N) is 1. The first kappa shape index (κ1) is 5.81. The average Bonchev–Trinajstić information content (AvgIpc) is 1.88. The Morgan fingerprint density at radius 3 is 3.11 bits per heavy atom. The minimum Gasteiger partial charge on any atom is -0.370 e. The highest BCUT2D eigenvalue weighted by molar-refractivity contribution is 5.82. The standard InChI is InChI=1S/C5H7N3O/c6-5-7-2-1-4(3-9)8-5/h1-4H,(H3,6,7,8). The van der Waals surface area contributed by atoms with Crippen LogP contribution >= 0.6 is 0 Å². The molecule has 0 aromatic carbocycles. The molecule has 1 rings (SSSR count). The summed E-state index contributed by atoms with van der Waals surface area (Å²) in [6, 6.07) is -0.397. The second-order valence-electron chi connectivity index (χ2n) is 1.64. The van der Waals surface area contributed by atoms with Crippen LogP contribution in [0.1, 0.15) is 0 Å². The maximum Gasteiger partial charge on any atom is 0.193 e. The molecular formula is C5H7N3O. The number of hydrogen-bond donors (Lipinski definition) is 2. The summed E-state index contributed by atoms with van der Waals surface area (Å²) in [4.78, 5) is 13.8. The van der Waals surface area contributed by atoms with Gasteiger partial charge in [0.15, 0.2) is 5.96 Å². The highest BCUT2D eigenvalue weighted by atomic mass is 16.1. The maximum absolute atomic E-state index is 10.1. The lowest BCUT2D eigenvalue weighted by atomic mass is 10.3. The van der Waals surface area contributed by atoms with Crippen LogP contribution < -0.4 is 11.1 Å². The zero-order valence-corrected chi connectivity index (χ0v) is 4.74. The van der Waals surface area contributed by atoms with Gasteiger partial charge in [-0.1, -0.05) is 0 Å². The van der Waals surface area contributed by atoms with Crippen molar-refractivity contribution in [1.29, 1.82) is 0 Å². The molecule has 0 fully saturated rings. The average molecular weight is 125 g/mol. The Hall–Kier alpha value is -1.32. The van der Waals surface area contributed by atoms with E-state index in [1.165, 1.54) is 0 Å². The molecule has 1 aliphatic rings. The molecule has 1 aliphatic heterocycles. The fourth-order valence-corrected chi connectivity index (χ4v) is 0.549. The first-order valence-electron chi connectivity index (χ1n) is 2.54. The van der Waals surface area contributed by atoms with Crippen molar-refractivity contribution < 1.29 is 4.79 Å². The van der Waals surface area contributed by atoms with Crippen molar-refractivity contribution in [2.75, 3.05) is 0 Å². The van der Waals surface area contributed by atoms with Gasteiger partial charge in [-0.25, -0.2) is 4.99 Å². The van der Waals surface area contributed by atoms with Gasteiger partial charge < -0.3 is 15.8 Å². The van der Waals surface area contributed by atoms with E-state index in [0.717, 1.165) is 6.29 Å². The molecule has 3 N–H and O–H groups in total. The lowest BCUT2D eigenvalue weighted by Gasteiger charge is -2.07. The number of carbonyl (C=O) groups excluding carboxylic acids is 1. The minimum atomic E-state index is -0.397. The third-order valence-corrected chi connectivity index (χ3v) is 0.952. The Morgan fingerprint density at radius 2 is 2.67 bits per heavy atom. The second-order valence-corrected chi connectivity index (χ2v) is 1.64. The Balaban J connectivity index is 2.65. The Bertz CT molecular complexity index is 173. The number of hydrogen-bond acceptors (Lipinski definition) is 4. The molecule has 0 radical (unpaired) electrons. The quantitative estimate of drug-likeness (QED) is 0.441. The lowest BCUT2D eigenvalue weighted by molar-refractivity contribution is -0.108.